The Balaban J connectivity index is 1.62. The maximum Gasteiger partial charge on any atom is 0.319 e. The molecule has 0 aliphatic heterocycles. The topological polar surface area (TPSA) is 76.4 Å². The van der Waals surface area contributed by atoms with Crippen LogP contribution in [0.4, 0.5) is 14.9 Å². The van der Waals surface area contributed by atoms with Crippen molar-refractivity contribution < 1.29 is 18.3 Å². The summed E-state index contributed by atoms with van der Waals surface area (Å²) in [6.45, 7) is 1.99. The Morgan fingerprint density at radius 3 is 2.50 bits per heavy atom. The summed E-state index contributed by atoms with van der Waals surface area (Å²) in [4.78, 5) is 16.4. The molecule has 1 aromatic heterocycles. The predicted octanol–water partition coefficient (Wildman–Crippen LogP) is 4.12. The maximum atomic E-state index is 12.9. The fourth-order valence-corrected chi connectivity index (χ4v) is 2.32. The fraction of sp³-hybridized carbons (Fsp3) is 0.158. The Bertz CT molecular complexity index is 889. The van der Waals surface area contributed by atoms with E-state index in [0.717, 1.165) is 11.3 Å². The van der Waals surface area contributed by atoms with Crippen molar-refractivity contribution in [1.29, 1.82) is 0 Å². The van der Waals surface area contributed by atoms with Gasteiger partial charge in [-0.2, -0.15) is 0 Å². The number of ether oxygens (including phenoxy) is 1. The molecule has 3 aromatic rings. The maximum absolute atomic E-state index is 12.9. The lowest BCUT2D eigenvalue weighted by Gasteiger charge is -2.06. The summed E-state index contributed by atoms with van der Waals surface area (Å²) >= 11 is 0. The minimum Gasteiger partial charge on any atom is -0.497 e. The summed E-state index contributed by atoms with van der Waals surface area (Å²) < 4.78 is 23.7. The van der Waals surface area contributed by atoms with Crippen LogP contribution in [0, 0.1) is 12.7 Å². The van der Waals surface area contributed by atoms with Gasteiger partial charge in [-0.25, -0.2) is 14.2 Å². The number of nitrogens with zero attached hydrogens (tertiary/aromatic N) is 1. The normalized spacial score (nSPS) is 10.4. The van der Waals surface area contributed by atoms with Crippen LogP contribution in [-0.2, 0) is 6.54 Å². The molecule has 3 rings (SSSR count). The molecule has 26 heavy (non-hydrogen) atoms. The standard InChI is InChI=1S/C19H18FN3O3/c1-12-17(11-21-19(24)22-15-7-5-14(20)6-8-15)23-18(26-12)13-3-9-16(25-2)10-4-13/h3-10H,11H2,1-2H3,(H2,21,22,24). The molecular formula is C19H18FN3O3. The molecule has 0 aliphatic carbocycles. The number of rotatable bonds is 5. The van der Waals surface area contributed by atoms with E-state index in [1.54, 1.807) is 14.0 Å². The molecule has 1 heterocycles. The third-order valence-electron chi connectivity index (χ3n) is 3.75. The van der Waals surface area contributed by atoms with E-state index in [2.05, 4.69) is 15.6 Å². The van der Waals surface area contributed by atoms with Crippen molar-refractivity contribution >= 4 is 11.7 Å². The number of methoxy groups -OCH3 is 1. The first-order valence-corrected chi connectivity index (χ1v) is 7.96. The van der Waals surface area contributed by atoms with E-state index in [4.69, 9.17) is 9.15 Å². The Kier molecular flexibility index (Phi) is 5.17. The highest BCUT2D eigenvalue weighted by molar-refractivity contribution is 5.89. The predicted molar refractivity (Wildman–Crippen MR) is 95.5 cm³/mol. The van der Waals surface area contributed by atoms with Crippen molar-refractivity contribution in [3.05, 3.63) is 65.8 Å². The van der Waals surface area contributed by atoms with E-state index < -0.39 is 6.03 Å². The number of halogens is 1. The van der Waals surface area contributed by atoms with E-state index in [9.17, 15) is 9.18 Å². The van der Waals surface area contributed by atoms with Crippen LogP contribution in [0.1, 0.15) is 11.5 Å². The second kappa shape index (κ2) is 7.69. The molecule has 0 bridgehead atoms. The molecule has 0 unspecified atom stereocenters. The molecule has 6 nitrogen and oxygen atoms in total. The van der Waals surface area contributed by atoms with Gasteiger partial charge in [-0.15, -0.1) is 0 Å². The van der Waals surface area contributed by atoms with Crippen molar-refractivity contribution in [2.45, 2.75) is 13.5 Å². The summed E-state index contributed by atoms with van der Waals surface area (Å²) in [7, 11) is 1.60. The van der Waals surface area contributed by atoms with Gasteiger partial charge < -0.3 is 19.8 Å². The van der Waals surface area contributed by atoms with E-state index in [0.29, 0.717) is 23.0 Å². The molecule has 7 heteroatoms. The van der Waals surface area contributed by atoms with E-state index in [-0.39, 0.29) is 12.4 Å². The number of hydrogen-bond acceptors (Lipinski definition) is 4. The zero-order valence-corrected chi connectivity index (χ0v) is 14.4. The van der Waals surface area contributed by atoms with Crippen LogP contribution in [0.2, 0.25) is 0 Å². The highest BCUT2D eigenvalue weighted by Crippen LogP contribution is 2.24. The van der Waals surface area contributed by atoms with E-state index >= 15 is 0 Å². The van der Waals surface area contributed by atoms with Crippen molar-refractivity contribution in [3.8, 4) is 17.2 Å². The summed E-state index contributed by atoms with van der Waals surface area (Å²) in [5.74, 6) is 1.48. The number of aryl methyl sites for hydroxylation is 1. The van der Waals surface area contributed by atoms with Crippen LogP contribution in [0.5, 0.6) is 5.75 Å². The molecule has 0 saturated carbocycles. The average Bonchev–Trinajstić information content (AvgIpc) is 3.03. The molecule has 134 valence electrons. The molecule has 0 radical (unpaired) electrons. The lowest BCUT2D eigenvalue weighted by atomic mass is 10.2. The Hall–Kier alpha value is -3.35. The van der Waals surface area contributed by atoms with Crippen LogP contribution < -0.4 is 15.4 Å². The van der Waals surface area contributed by atoms with Gasteiger partial charge in [0.1, 0.15) is 23.0 Å². The highest BCUT2D eigenvalue weighted by Gasteiger charge is 2.12. The number of urea groups is 1. The largest absolute Gasteiger partial charge is 0.497 e. The number of oxazole rings is 1. The summed E-state index contributed by atoms with van der Waals surface area (Å²) in [5, 5.41) is 5.32. The molecule has 0 fully saturated rings. The van der Waals surface area contributed by atoms with Crippen LogP contribution in [0.15, 0.2) is 52.9 Å². The van der Waals surface area contributed by atoms with Crippen LogP contribution in [0.25, 0.3) is 11.5 Å². The zero-order chi connectivity index (χ0) is 18.5. The molecule has 0 aliphatic rings. The van der Waals surface area contributed by atoms with Crippen molar-refractivity contribution in [1.82, 2.24) is 10.3 Å². The molecule has 0 saturated heterocycles. The van der Waals surface area contributed by atoms with Crippen LogP contribution in [0.3, 0.4) is 0 Å². The van der Waals surface area contributed by atoms with Gasteiger partial charge in [-0.1, -0.05) is 0 Å². The minimum atomic E-state index is -0.412. The van der Waals surface area contributed by atoms with Crippen molar-refractivity contribution in [2.24, 2.45) is 0 Å². The number of carbonyl (C=O) groups is 1. The van der Waals surface area contributed by atoms with Gasteiger partial charge >= 0.3 is 6.03 Å². The molecule has 0 atom stereocenters. The second-order valence-corrected chi connectivity index (χ2v) is 5.56. The minimum absolute atomic E-state index is 0.207. The summed E-state index contributed by atoms with van der Waals surface area (Å²) in [6, 6.07) is 12.5. The number of carbonyl (C=O) groups excluding carboxylic acids is 1. The van der Waals surface area contributed by atoms with E-state index in [1.807, 2.05) is 24.3 Å². The fourth-order valence-electron chi connectivity index (χ4n) is 2.32. The van der Waals surface area contributed by atoms with Crippen LogP contribution in [-0.4, -0.2) is 18.1 Å². The molecular weight excluding hydrogens is 337 g/mol. The van der Waals surface area contributed by atoms with E-state index in [1.165, 1.54) is 24.3 Å². The van der Waals surface area contributed by atoms with Gasteiger partial charge in [0.2, 0.25) is 5.89 Å². The van der Waals surface area contributed by atoms with Gasteiger partial charge in [-0.05, 0) is 55.5 Å². The summed E-state index contributed by atoms with van der Waals surface area (Å²) in [5.41, 5.74) is 1.95. The lowest BCUT2D eigenvalue weighted by molar-refractivity contribution is 0.251. The number of anilines is 1. The molecule has 0 spiro atoms. The third kappa shape index (κ3) is 4.18. The van der Waals surface area contributed by atoms with Crippen molar-refractivity contribution in [3.63, 3.8) is 0 Å². The SMILES string of the molecule is COc1ccc(-c2nc(CNC(=O)Nc3ccc(F)cc3)c(C)o2)cc1. The molecule has 2 amide bonds. The number of nitrogens with one attached hydrogen (secondary N) is 2. The summed E-state index contributed by atoms with van der Waals surface area (Å²) in [6.07, 6.45) is 0. The third-order valence-corrected chi connectivity index (χ3v) is 3.75. The Labute approximate surface area is 150 Å². The molecule has 2 aromatic carbocycles. The lowest BCUT2D eigenvalue weighted by Crippen LogP contribution is -2.28. The first-order valence-electron chi connectivity index (χ1n) is 7.96. The zero-order valence-electron chi connectivity index (χ0n) is 14.4. The quantitative estimate of drug-likeness (QED) is 0.722. The van der Waals surface area contributed by atoms with Gasteiger partial charge in [0.15, 0.2) is 0 Å². The second-order valence-electron chi connectivity index (χ2n) is 5.56. The number of benzene rings is 2. The van der Waals surface area contributed by atoms with Gasteiger partial charge in [0.25, 0.3) is 0 Å². The monoisotopic (exact) mass is 355 g/mol. The Morgan fingerprint density at radius 2 is 1.85 bits per heavy atom. The first-order chi connectivity index (χ1) is 12.5. The van der Waals surface area contributed by atoms with Crippen molar-refractivity contribution in [2.75, 3.05) is 12.4 Å². The van der Waals surface area contributed by atoms with Gasteiger partial charge in [0.05, 0.1) is 13.7 Å². The van der Waals surface area contributed by atoms with Gasteiger partial charge in [0, 0.05) is 11.3 Å². The van der Waals surface area contributed by atoms with Crippen LogP contribution >= 0.6 is 0 Å². The number of aromatic nitrogens is 1. The first kappa shape index (κ1) is 17.5. The number of amides is 2. The Morgan fingerprint density at radius 1 is 1.15 bits per heavy atom. The average molecular weight is 355 g/mol. The highest BCUT2D eigenvalue weighted by atomic mass is 19.1. The molecule has 2 N–H and O–H groups in total. The number of hydrogen-bond donors (Lipinski definition) is 2. The van der Waals surface area contributed by atoms with Gasteiger partial charge in [-0.3, -0.25) is 0 Å². The smallest absolute Gasteiger partial charge is 0.319 e.